The molecular weight excluding hydrogens is 214 g/mol. The van der Waals surface area contributed by atoms with Gasteiger partial charge in [-0.2, -0.15) is 0 Å². The van der Waals surface area contributed by atoms with Crippen LogP contribution in [0.3, 0.4) is 0 Å². The lowest BCUT2D eigenvalue weighted by atomic mass is 9.93. The van der Waals surface area contributed by atoms with E-state index in [4.69, 9.17) is 15.2 Å². The summed E-state index contributed by atoms with van der Waals surface area (Å²) in [5.74, 6) is 0.444. The summed E-state index contributed by atoms with van der Waals surface area (Å²) in [4.78, 5) is 0. The average molecular weight is 233 g/mol. The van der Waals surface area contributed by atoms with Crippen molar-refractivity contribution < 1.29 is 9.47 Å². The van der Waals surface area contributed by atoms with Crippen molar-refractivity contribution in [3.05, 3.63) is 35.4 Å². The first-order valence-corrected chi connectivity index (χ1v) is 6.33. The molecule has 1 aromatic rings. The summed E-state index contributed by atoms with van der Waals surface area (Å²) in [5.41, 5.74) is 8.81. The van der Waals surface area contributed by atoms with Crippen molar-refractivity contribution in [1.29, 1.82) is 0 Å². The molecule has 1 saturated carbocycles. The van der Waals surface area contributed by atoms with Gasteiger partial charge in [-0.15, -0.1) is 0 Å². The highest BCUT2D eigenvalue weighted by Crippen LogP contribution is 2.43. The lowest BCUT2D eigenvalue weighted by Gasteiger charge is -2.16. The first kappa shape index (κ1) is 11.2. The summed E-state index contributed by atoms with van der Waals surface area (Å²) in [6.45, 7) is 1.96. The van der Waals surface area contributed by atoms with Gasteiger partial charge in [0.05, 0.1) is 13.2 Å². The molecule has 2 N–H and O–H groups in total. The second-order valence-electron chi connectivity index (χ2n) is 5.16. The minimum Gasteiger partial charge on any atom is -0.355 e. The summed E-state index contributed by atoms with van der Waals surface area (Å²) >= 11 is 0. The van der Waals surface area contributed by atoms with Crippen LogP contribution in [-0.4, -0.2) is 20.0 Å². The van der Waals surface area contributed by atoms with Crippen LogP contribution < -0.4 is 5.73 Å². The maximum absolute atomic E-state index is 6.24. The van der Waals surface area contributed by atoms with Crippen molar-refractivity contribution in [3.8, 4) is 0 Å². The molecule has 3 nitrogen and oxygen atoms in total. The van der Waals surface area contributed by atoms with Gasteiger partial charge in [0.1, 0.15) is 6.79 Å². The second-order valence-corrected chi connectivity index (χ2v) is 5.16. The fourth-order valence-corrected chi connectivity index (χ4v) is 2.41. The van der Waals surface area contributed by atoms with Crippen LogP contribution in [0.15, 0.2) is 24.3 Å². The first-order valence-electron chi connectivity index (χ1n) is 6.33. The third-order valence-electron chi connectivity index (χ3n) is 3.82. The summed E-state index contributed by atoms with van der Waals surface area (Å²) in [6, 6.07) is 8.69. The first-order chi connectivity index (χ1) is 8.28. The highest BCUT2D eigenvalue weighted by atomic mass is 16.7. The Morgan fingerprint density at radius 1 is 1.24 bits per heavy atom. The van der Waals surface area contributed by atoms with Crippen LogP contribution in [0.2, 0.25) is 0 Å². The van der Waals surface area contributed by atoms with Crippen LogP contribution in [0.4, 0.5) is 0 Å². The monoisotopic (exact) mass is 233 g/mol. The molecule has 0 spiro atoms. The number of nitrogens with two attached hydrogens (primary N) is 1. The molecule has 0 unspecified atom stereocenters. The SMILES string of the molecule is NC1(c2cccc([C@@H]3CCOCOC3)c2)CC1. The van der Waals surface area contributed by atoms with Crippen molar-refractivity contribution in [2.45, 2.75) is 30.7 Å². The third-order valence-corrected chi connectivity index (χ3v) is 3.82. The van der Waals surface area contributed by atoms with E-state index in [1.807, 2.05) is 0 Å². The van der Waals surface area contributed by atoms with E-state index in [-0.39, 0.29) is 5.54 Å². The Kier molecular flexibility index (Phi) is 2.90. The number of hydrogen-bond donors (Lipinski definition) is 1. The number of hydrogen-bond acceptors (Lipinski definition) is 3. The van der Waals surface area contributed by atoms with Gasteiger partial charge in [-0.3, -0.25) is 0 Å². The van der Waals surface area contributed by atoms with Crippen LogP contribution in [0.25, 0.3) is 0 Å². The lowest BCUT2D eigenvalue weighted by Crippen LogP contribution is -2.19. The summed E-state index contributed by atoms with van der Waals surface area (Å²) in [7, 11) is 0. The van der Waals surface area contributed by atoms with Crippen molar-refractivity contribution >= 4 is 0 Å². The second kappa shape index (κ2) is 4.41. The predicted molar refractivity (Wildman–Crippen MR) is 65.7 cm³/mol. The van der Waals surface area contributed by atoms with E-state index >= 15 is 0 Å². The van der Waals surface area contributed by atoms with Crippen molar-refractivity contribution in [3.63, 3.8) is 0 Å². The van der Waals surface area contributed by atoms with E-state index in [0.717, 1.165) is 32.5 Å². The van der Waals surface area contributed by atoms with Crippen LogP contribution in [-0.2, 0) is 15.0 Å². The molecule has 0 bridgehead atoms. The van der Waals surface area contributed by atoms with E-state index in [1.54, 1.807) is 0 Å². The van der Waals surface area contributed by atoms with Crippen LogP contribution in [0.1, 0.15) is 36.3 Å². The minimum absolute atomic E-state index is 0.0436. The molecule has 17 heavy (non-hydrogen) atoms. The molecule has 2 fully saturated rings. The van der Waals surface area contributed by atoms with E-state index < -0.39 is 0 Å². The normalized spacial score (nSPS) is 27.5. The van der Waals surface area contributed by atoms with Gasteiger partial charge < -0.3 is 15.2 Å². The molecular formula is C14H19NO2. The van der Waals surface area contributed by atoms with E-state index in [1.165, 1.54) is 11.1 Å². The number of rotatable bonds is 2. The zero-order chi connectivity index (χ0) is 11.7. The van der Waals surface area contributed by atoms with Gasteiger partial charge in [0.15, 0.2) is 0 Å². The van der Waals surface area contributed by atoms with Gasteiger partial charge in [0.25, 0.3) is 0 Å². The number of ether oxygens (including phenoxy) is 2. The summed E-state index contributed by atoms with van der Waals surface area (Å²) in [6.07, 6.45) is 3.25. The number of benzene rings is 1. The molecule has 1 saturated heterocycles. The van der Waals surface area contributed by atoms with Crippen LogP contribution >= 0.6 is 0 Å². The van der Waals surface area contributed by atoms with Crippen LogP contribution in [0, 0.1) is 0 Å². The topological polar surface area (TPSA) is 44.5 Å². The predicted octanol–water partition coefficient (Wildman–Crippen LogP) is 2.11. The zero-order valence-electron chi connectivity index (χ0n) is 10.0. The highest BCUT2D eigenvalue weighted by molar-refractivity contribution is 5.34. The van der Waals surface area contributed by atoms with Gasteiger partial charge in [0.2, 0.25) is 0 Å². The minimum atomic E-state index is -0.0436. The molecule has 3 heteroatoms. The van der Waals surface area contributed by atoms with Crippen molar-refractivity contribution in [1.82, 2.24) is 0 Å². The van der Waals surface area contributed by atoms with Gasteiger partial charge in [-0.25, -0.2) is 0 Å². The third kappa shape index (κ3) is 2.37. The molecule has 1 heterocycles. The Labute approximate surface area is 102 Å². The maximum atomic E-state index is 6.24. The summed E-state index contributed by atoms with van der Waals surface area (Å²) < 4.78 is 10.8. The highest BCUT2D eigenvalue weighted by Gasteiger charge is 2.40. The smallest absolute Gasteiger partial charge is 0.146 e. The Bertz CT molecular complexity index is 393. The van der Waals surface area contributed by atoms with Gasteiger partial charge in [-0.1, -0.05) is 24.3 Å². The van der Waals surface area contributed by atoms with Crippen molar-refractivity contribution in [2.24, 2.45) is 5.73 Å². The average Bonchev–Trinajstić information content (AvgIpc) is 3.14. The molecule has 0 aromatic heterocycles. The molecule has 0 amide bonds. The van der Waals surface area contributed by atoms with E-state index in [9.17, 15) is 0 Å². The lowest BCUT2D eigenvalue weighted by molar-refractivity contribution is -0.0330. The molecule has 0 radical (unpaired) electrons. The Balaban J connectivity index is 1.81. The largest absolute Gasteiger partial charge is 0.355 e. The Morgan fingerprint density at radius 3 is 2.94 bits per heavy atom. The van der Waals surface area contributed by atoms with Gasteiger partial charge in [0, 0.05) is 11.5 Å². The molecule has 1 aliphatic carbocycles. The quantitative estimate of drug-likeness (QED) is 0.851. The molecule has 1 aliphatic heterocycles. The Hall–Kier alpha value is -0.900. The Morgan fingerprint density at radius 2 is 2.12 bits per heavy atom. The molecule has 2 aliphatic rings. The van der Waals surface area contributed by atoms with Gasteiger partial charge in [-0.05, 0) is 30.4 Å². The van der Waals surface area contributed by atoms with Gasteiger partial charge >= 0.3 is 0 Å². The zero-order valence-corrected chi connectivity index (χ0v) is 10.0. The van der Waals surface area contributed by atoms with E-state index in [0.29, 0.717) is 12.7 Å². The van der Waals surface area contributed by atoms with Crippen molar-refractivity contribution in [2.75, 3.05) is 20.0 Å². The maximum Gasteiger partial charge on any atom is 0.146 e. The fourth-order valence-electron chi connectivity index (χ4n) is 2.41. The fraction of sp³-hybridized carbons (Fsp3) is 0.571. The standard InChI is InChI=1S/C14H19NO2/c15-14(5-6-14)13-3-1-2-11(8-13)12-4-7-16-10-17-9-12/h1-3,8,12H,4-7,9-10,15H2/t12-/m1/s1. The molecule has 3 rings (SSSR count). The molecule has 92 valence electrons. The molecule has 1 atom stereocenters. The van der Waals surface area contributed by atoms with Crippen LogP contribution in [0.5, 0.6) is 0 Å². The molecule has 1 aromatic carbocycles. The summed E-state index contributed by atoms with van der Waals surface area (Å²) in [5, 5.41) is 0. The van der Waals surface area contributed by atoms with E-state index in [2.05, 4.69) is 24.3 Å².